The van der Waals surface area contributed by atoms with Crippen molar-refractivity contribution in [1.29, 1.82) is 0 Å². The smallest absolute Gasteiger partial charge is 0.234 e. The maximum atomic E-state index is 13.3. The molecule has 5 unspecified atom stereocenters. The molecule has 154 valence electrons. The summed E-state index contributed by atoms with van der Waals surface area (Å²) in [5.74, 6) is 0.609. The molecule has 0 spiro atoms. The SMILES string of the molecule is Cc1ccc(C(CC(=O)NC2CCCCC2)N2C(=O)C3C4C=CC(C4)C3C2=O)o1. The third kappa shape index (κ3) is 3.13. The van der Waals surface area contributed by atoms with Crippen LogP contribution in [0.2, 0.25) is 0 Å². The summed E-state index contributed by atoms with van der Waals surface area (Å²) >= 11 is 0. The van der Waals surface area contributed by atoms with E-state index in [-0.39, 0.29) is 53.9 Å². The number of hydrogen-bond donors (Lipinski definition) is 1. The zero-order valence-electron chi connectivity index (χ0n) is 16.8. The fourth-order valence-electron chi connectivity index (χ4n) is 5.89. The number of carbonyl (C=O) groups is 3. The number of likely N-dealkylation sites (tertiary alicyclic amines) is 1. The van der Waals surface area contributed by atoms with E-state index in [1.165, 1.54) is 11.3 Å². The van der Waals surface area contributed by atoms with Crippen LogP contribution in [-0.2, 0) is 14.4 Å². The minimum Gasteiger partial charge on any atom is -0.464 e. The molecule has 3 fully saturated rings. The van der Waals surface area contributed by atoms with Crippen molar-refractivity contribution in [2.24, 2.45) is 23.7 Å². The first-order valence-electron chi connectivity index (χ1n) is 10.9. The van der Waals surface area contributed by atoms with Crippen LogP contribution in [0, 0.1) is 30.6 Å². The molecule has 3 amide bonds. The summed E-state index contributed by atoms with van der Waals surface area (Å²) in [6, 6.07) is 3.13. The summed E-state index contributed by atoms with van der Waals surface area (Å²) in [6.07, 6.45) is 10.6. The molecule has 2 saturated carbocycles. The molecule has 1 aromatic heterocycles. The van der Waals surface area contributed by atoms with Gasteiger partial charge in [-0.1, -0.05) is 31.4 Å². The molecule has 0 aromatic carbocycles. The molecule has 4 aliphatic rings. The van der Waals surface area contributed by atoms with Gasteiger partial charge in [-0.2, -0.15) is 0 Å². The number of aryl methyl sites for hydroxylation is 1. The Kier molecular flexibility index (Phi) is 4.60. The van der Waals surface area contributed by atoms with Gasteiger partial charge in [-0.05, 0) is 50.2 Å². The van der Waals surface area contributed by atoms with Crippen molar-refractivity contribution in [3.8, 4) is 0 Å². The number of furan rings is 1. The van der Waals surface area contributed by atoms with Gasteiger partial charge in [0.05, 0.1) is 18.3 Å². The van der Waals surface area contributed by atoms with Crippen LogP contribution in [0.25, 0.3) is 0 Å². The van der Waals surface area contributed by atoms with Crippen molar-refractivity contribution in [2.45, 2.75) is 64.0 Å². The van der Waals surface area contributed by atoms with E-state index in [1.807, 2.05) is 13.0 Å². The molecule has 0 radical (unpaired) electrons. The van der Waals surface area contributed by atoms with Crippen molar-refractivity contribution in [2.75, 3.05) is 0 Å². The Bertz CT molecular complexity index is 836. The fourth-order valence-corrected chi connectivity index (χ4v) is 5.89. The highest BCUT2D eigenvalue weighted by molar-refractivity contribution is 6.07. The van der Waals surface area contributed by atoms with Crippen LogP contribution < -0.4 is 5.32 Å². The lowest BCUT2D eigenvalue weighted by atomic mass is 9.85. The lowest BCUT2D eigenvalue weighted by Gasteiger charge is -2.28. The van der Waals surface area contributed by atoms with Gasteiger partial charge in [0.1, 0.15) is 17.6 Å². The van der Waals surface area contributed by atoms with Crippen molar-refractivity contribution < 1.29 is 18.8 Å². The number of rotatable bonds is 5. The first-order chi connectivity index (χ1) is 14.0. The number of hydrogen-bond acceptors (Lipinski definition) is 4. The topological polar surface area (TPSA) is 79.6 Å². The number of fused-ring (bicyclic) bond motifs is 5. The number of nitrogens with one attached hydrogen (secondary N) is 1. The maximum Gasteiger partial charge on any atom is 0.234 e. The second-order valence-electron chi connectivity index (χ2n) is 9.12. The molecule has 1 aromatic rings. The summed E-state index contributed by atoms with van der Waals surface area (Å²) in [6.45, 7) is 1.83. The third-order valence-corrected chi connectivity index (χ3v) is 7.25. The fraction of sp³-hybridized carbons (Fsp3) is 0.609. The Labute approximate surface area is 170 Å². The summed E-state index contributed by atoms with van der Waals surface area (Å²) in [4.78, 5) is 40.7. The van der Waals surface area contributed by atoms with E-state index in [0.717, 1.165) is 32.1 Å². The Morgan fingerprint density at radius 1 is 1.10 bits per heavy atom. The molecule has 2 bridgehead atoms. The van der Waals surface area contributed by atoms with Crippen molar-refractivity contribution in [3.05, 3.63) is 35.8 Å². The van der Waals surface area contributed by atoms with Crippen LogP contribution in [0.3, 0.4) is 0 Å². The van der Waals surface area contributed by atoms with Crippen LogP contribution in [0.5, 0.6) is 0 Å². The van der Waals surface area contributed by atoms with Crippen LogP contribution in [0.4, 0.5) is 0 Å². The first-order valence-corrected chi connectivity index (χ1v) is 10.9. The zero-order chi connectivity index (χ0) is 20.1. The minimum atomic E-state index is -0.669. The lowest BCUT2D eigenvalue weighted by molar-refractivity contribution is -0.145. The Morgan fingerprint density at radius 2 is 1.76 bits per heavy atom. The first kappa shape index (κ1) is 18.6. The van der Waals surface area contributed by atoms with Gasteiger partial charge >= 0.3 is 0 Å². The van der Waals surface area contributed by atoms with Crippen LogP contribution in [0.15, 0.2) is 28.7 Å². The largest absolute Gasteiger partial charge is 0.464 e. The molecule has 1 aliphatic heterocycles. The third-order valence-electron chi connectivity index (χ3n) is 7.25. The Morgan fingerprint density at radius 3 is 2.34 bits per heavy atom. The molecule has 1 N–H and O–H groups in total. The van der Waals surface area contributed by atoms with E-state index < -0.39 is 6.04 Å². The quantitative estimate of drug-likeness (QED) is 0.612. The molecule has 3 aliphatic carbocycles. The van der Waals surface area contributed by atoms with E-state index in [4.69, 9.17) is 4.42 Å². The van der Waals surface area contributed by atoms with Crippen LogP contribution in [-0.4, -0.2) is 28.7 Å². The number of carbonyl (C=O) groups excluding carboxylic acids is 3. The number of imide groups is 1. The highest BCUT2D eigenvalue weighted by atomic mass is 16.3. The second-order valence-corrected chi connectivity index (χ2v) is 9.12. The van der Waals surface area contributed by atoms with Gasteiger partial charge in [-0.25, -0.2) is 0 Å². The Hall–Kier alpha value is -2.37. The van der Waals surface area contributed by atoms with Gasteiger partial charge in [0.15, 0.2) is 0 Å². The summed E-state index contributed by atoms with van der Waals surface area (Å²) in [7, 11) is 0. The van der Waals surface area contributed by atoms with E-state index >= 15 is 0 Å². The minimum absolute atomic E-state index is 0.0587. The number of nitrogens with zero attached hydrogens (tertiary/aromatic N) is 1. The van der Waals surface area contributed by atoms with E-state index in [9.17, 15) is 14.4 Å². The monoisotopic (exact) mass is 396 g/mol. The van der Waals surface area contributed by atoms with Crippen molar-refractivity contribution in [3.63, 3.8) is 0 Å². The van der Waals surface area contributed by atoms with Gasteiger partial charge < -0.3 is 9.73 Å². The number of allylic oxidation sites excluding steroid dienone is 2. The number of amides is 3. The van der Waals surface area contributed by atoms with Gasteiger partial charge in [0.2, 0.25) is 17.7 Å². The highest BCUT2D eigenvalue weighted by Crippen LogP contribution is 2.54. The maximum absolute atomic E-state index is 13.3. The standard InChI is InChI=1S/C23H28N2O4/c1-13-7-10-18(29-13)17(12-19(26)24-16-5-3-2-4-6-16)25-22(27)20-14-8-9-15(11-14)21(20)23(25)28/h7-10,14-17,20-21H,2-6,11-12H2,1H3,(H,24,26). The van der Waals surface area contributed by atoms with Gasteiger partial charge in [-0.15, -0.1) is 0 Å². The molecule has 5 rings (SSSR count). The average Bonchev–Trinajstić information content (AvgIpc) is 3.46. The van der Waals surface area contributed by atoms with Gasteiger partial charge in [0, 0.05) is 6.04 Å². The van der Waals surface area contributed by atoms with Crippen LogP contribution >= 0.6 is 0 Å². The molecule has 6 heteroatoms. The van der Waals surface area contributed by atoms with E-state index in [0.29, 0.717) is 11.5 Å². The van der Waals surface area contributed by atoms with Crippen LogP contribution in [0.1, 0.15) is 62.5 Å². The second kappa shape index (κ2) is 7.15. The van der Waals surface area contributed by atoms with E-state index in [2.05, 4.69) is 17.5 Å². The molecule has 29 heavy (non-hydrogen) atoms. The van der Waals surface area contributed by atoms with Crippen molar-refractivity contribution in [1.82, 2.24) is 10.2 Å². The predicted octanol–water partition coefficient (Wildman–Crippen LogP) is 3.28. The average molecular weight is 396 g/mol. The Balaban J connectivity index is 1.39. The molecule has 5 atom stereocenters. The van der Waals surface area contributed by atoms with E-state index in [1.54, 1.807) is 6.07 Å². The predicted molar refractivity (Wildman–Crippen MR) is 105 cm³/mol. The molecule has 2 heterocycles. The zero-order valence-corrected chi connectivity index (χ0v) is 16.8. The molecular formula is C23H28N2O4. The summed E-state index contributed by atoms with van der Waals surface area (Å²) < 4.78 is 5.80. The molecule has 1 saturated heterocycles. The summed E-state index contributed by atoms with van der Waals surface area (Å²) in [5.41, 5.74) is 0. The van der Waals surface area contributed by atoms with Gasteiger partial charge in [0.25, 0.3) is 0 Å². The molecule has 6 nitrogen and oxygen atoms in total. The van der Waals surface area contributed by atoms with Crippen molar-refractivity contribution >= 4 is 17.7 Å². The highest BCUT2D eigenvalue weighted by Gasteiger charge is 2.60. The van der Waals surface area contributed by atoms with Gasteiger partial charge in [-0.3, -0.25) is 19.3 Å². The molecular weight excluding hydrogens is 368 g/mol. The lowest BCUT2D eigenvalue weighted by Crippen LogP contribution is -2.41. The normalized spacial score (nSPS) is 32.1. The summed E-state index contributed by atoms with van der Waals surface area (Å²) in [5, 5.41) is 3.12.